The highest BCUT2D eigenvalue weighted by Gasteiger charge is 2.20. The smallest absolute Gasteiger partial charge is 0.0988 e. The van der Waals surface area contributed by atoms with E-state index in [1.165, 1.54) is 105 Å². The molecule has 0 N–H and O–H groups in total. The minimum Gasteiger partial charge on any atom is -0.192 e. The molecular weight excluding hydrogens is 683 g/mol. The van der Waals surface area contributed by atoms with Crippen molar-refractivity contribution in [1.29, 1.82) is 5.26 Å². The van der Waals surface area contributed by atoms with E-state index in [2.05, 4.69) is 133 Å². The summed E-state index contributed by atoms with van der Waals surface area (Å²) in [7, 11) is 0. The van der Waals surface area contributed by atoms with Crippen LogP contribution >= 0.6 is 12.2 Å². The van der Waals surface area contributed by atoms with Gasteiger partial charge in [-0.3, -0.25) is 0 Å². The molecule has 1 saturated carbocycles. The van der Waals surface area contributed by atoms with Crippen molar-refractivity contribution in [2.24, 2.45) is 5.92 Å². The van der Waals surface area contributed by atoms with E-state index < -0.39 is 0 Å². The van der Waals surface area contributed by atoms with Gasteiger partial charge < -0.3 is 0 Å². The fraction of sp³-hybridized carbons (Fsp3) is 0.623. The molecule has 0 bridgehead atoms. The van der Waals surface area contributed by atoms with Gasteiger partial charge in [-0.2, -0.15) is 5.26 Å². The summed E-state index contributed by atoms with van der Waals surface area (Å²) in [6.45, 7) is 52.6. The molecule has 0 amide bonds. The molecule has 0 atom stereocenters. The van der Waals surface area contributed by atoms with Gasteiger partial charge in [0.15, 0.2) is 0 Å². The summed E-state index contributed by atoms with van der Waals surface area (Å²) in [5, 5.41) is 8.39. The van der Waals surface area contributed by atoms with Crippen LogP contribution in [0.2, 0.25) is 0 Å². The second kappa shape index (κ2) is 49.3. The first-order valence-corrected chi connectivity index (χ1v) is 22.3. The minimum absolute atomic E-state index is 0.522. The molecule has 0 aromatic heterocycles. The third kappa shape index (κ3) is 53.4. The van der Waals surface area contributed by atoms with Gasteiger partial charge in [-0.25, -0.2) is 0 Å². The summed E-state index contributed by atoms with van der Waals surface area (Å²) >= 11 is 4.86. The van der Waals surface area contributed by atoms with Gasteiger partial charge in [0.05, 0.1) is 6.07 Å². The summed E-state index contributed by atoms with van der Waals surface area (Å²) in [5.74, 6) is 0.907. The predicted octanol–water partition coefficient (Wildman–Crippen LogP) is 19.3. The molecule has 1 nitrogen and oxygen atoms in total. The summed E-state index contributed by atoms with van der Waals surface area (Å²) in [6, 6.07) is 8.65. The van der Waals surface area contributed by atoms with Gasteiger partial charge in [0.1, 0.15) is 0 Å². The highest BCUT2D eigenvalue weighted by atomic mass is 32.1. The summed E-state index contributed by atoms with van der Waals surface area (Å²) < 4.78 is 0. The van der Waals surface area contributed by atoms with Crippen molar-refractivity contribution in [2.75, 3.05) is 0 Å². The van der Waals surface area contributed by atoms with Crippen LogP contribution in [0, 0.1) is 24.2 Å². The zero-order valence-electron chi connectivity index (χ0n) is 40.1. The molecule has 2 rings (SSSR count). The van der Waals surface area contributed by atoms with Crippen LogP contribution in [0.1, 0.15) is 217 Å². The first kappa shape index (κ1) is 64.1. The largest absolute Gasteiger partial charge is 0.192 e. The number of aryl methyl sites for hydroxylation is 2. The van der Waals surface area contributed by atoms with Crippen LogP contribution < -0.4 is 0 Å². The molecule has 1 aliphatic carbocycles. The predicted molar refractivity (Wildman–Crippen MR) is 265 cm³/mol. The number of nitrogens with zero attached hydrogens (tertiary/aromatic N) is 1. The minimum atomic E-state index is 0.522. The molecule has 2 heteroatoms. The summed E-state index contributed by atoms with van der Waals surface area (Å²) in [6.07, 6.45) is 22.1. The van der Waals surface area contributed by atoms with E-state index in [4.69, 9.17) is 17.5 Å². The Hall–Kier alpha value is -2.76. The molecule has 1 aromatic carbocycles. The molecular formula is C53H95NS. The molecule has 0 spiro atoms. The van der Waals surface area contributed by atoms with Gasteiger partial charge in [-0.1, -0.05) is 205 Å². The Morgan fingerprint density at radius 2 is 1.18 bits per heavy atom. The highest BCUT2D eigenvalue weighted by Crippen LogP contribution is 2.34. The van der Waals surface area contributed by atoms with Crippen molar-refractivity contribution in [3.05, 3.63) is 102 Å². The summed E-state index contributed by atoms with van der Waals surface area (Å²) in [5.41, 5.74) is 10.5. The Morgan fingerprint density at radius 1 is 0.727 bits per heavy atom. The number of allylic oxidation sites excluding steroid dienone is 7. The normalized spacial score (nSPS) is 10.4. The SMILES string of the molecule is C=C(C#N)C(=C)CCCC.C=C(C)/C(C)=C/C.C=C(C)C1CC1.C=C(C)c1ccc(CCCC)c(C)c1.CC.CCCC.CCCCC.CCCCC(C)=S. The molecule has 0 unspecified atom stereocenters. The number of unbranched alkanes of at least 4 members (excludes halogenated alkanes) is 6. The van der Waals surface area contributed by atoms with E-state index in [0.717, 1.165) is 53.2 Å². The molecule has 1 aromatic rings. The van der Waals surface area contributed by atoms with Gasteiger partial charge in [0.25, 0.3) is 0 Å². The lowest BCUT2D eigenvalue weighted by Gasteiger charge is -2.07. The zero-order valence-corrected chi connectivity index (χ0v) is 40.9. The molecule has 0 radical (unpaired) electrons. The molecule has 318 valence electrons. The van der Waals surface area contributed by atoms with E-state index in [1.54, 1.807) is 0 Å². The third-order valence-corrected chi connectivity index (χ3v) is 8.70. The van der Waals surface area contributed by atoms with E-state index in [-0.39, 0.29) is 0 Å². The molecule has 1 fully saturated rings. The van der Waals surface area contributed by atoms with Crippen molar-refractivity contribution in [3.63, 3.8) is 0 Å². The van der Waals surface area contributed by atoms with E-state index in [1.807, 2.05) is 40.7 Å². The monoisotopic (exact) mass is 778 g/mol. The molecule has 0 aliphatic heterocycles. The van der Waals surface area contributed by atoms with Crippen molar-refractivity contribution < 1.29 is 0 Å². The Balaban J connectivity index is -0.000000131. The van der Waals surface area contributed by atoms with Gasteiger partial charge in [0.2, 0.25) is 0 Å². The Bertz CT molecular complexity index is 1180. The first-order valence-electron chi connectivity index (χ1n) is 21.9. The van der Waals surface area contributed by atoms with Gasteiger partial charge in [-0.05, 0) is 133 Å². The van der Waals surface area contributed by atoms with Crippen LogP contribution in [0.3, 0.4) is 0 Å². The van der Waals surface area contributed by atoms with Crippen LogP contribution in [-0.2, 0) is 6.42 Å². The third-order valence-electron chi connectivity index (χ3n) is 8.50. The van der Waals surface area contributed by atoms with Crippen molar-refractivity contribution in [1.82, 2.24) is 0 Å². The van der Waals surface area contributed by atoms with E-state index in [9.17, 15) is 0 Å². The first-order chi connectivity index (χ1) is 25.9. The quantitative estimate of drug-likeness (QED) is 0.0722. The lowest BCUT2D eigenvalue weighted by atomic mass is 9.98. The number of thiocarbonyl (C=S) groups is 1. The number of benzene rings is 1. The van der Waals surface area contributed by atoms with E-state index >= 15 is 0 Å². The van der Waals surface area contributed by atoms with Crippen LogP contribution in [0.5, 0.6) is 0 Å². The van der Waals surface area contributed by atoms with Crippen LogP contribution in [0.4, 0.5) is 0 Å². The number of nitriles is 1. The van der Waals surface area contributed by atoms with Crippen molar-refractivity contribution >= 4 is 22.7 Å². The van der Waals surface area contributed by atoms with Gasteiger partial charge >= 0.3 is 0 Å². The zero-order chi connectivity index (χ0) is 44.2. The second-order valence-corrected chi connectivity index (χ2v) is 15.1. The van der Waals surface area contributed by atoms with Crippen LogP contribution in [0.25, 0.3) is 5.57 Å². The fourth-order valence-corrected chi connectivity index (χ4v) is 3.98. The van der Waals surface area contributed by atoms with Crippen LogP contribution in [0.15, 0.2) is 85.0 Å². The number of hydrogen-bond acceptors (Lipinski definition) is 2. The average Bonchev–Trinajstić information content (AvgIpc) is 4.04. The highest BCUT2D eigenvalue weighted by molar-refractivity contribution is 7.80. The number of rotatable bonds is 16. The second-order valence-electron chi connectivity index (χ2n) is 14.4. The maximum atomic E-state index is 8.39. The fourth-order valence-electron chi connectivity index (χ4n) is 3.83. The average molecular weight is 778 g/mol. The van der Waals surface area contributed by atoms with Gasteiger partial charge in [-0.15, -0.1) is 0 Å². The maximum Gasteiger partial charge on any atom is 0.0988 e. The summed E-state index contributed by atoms with van der Waals surface area (Å²) in [4.78, 5) is 1.14. The molecule has 0 saturated heterocycles. The van der Waals surface area contributed by atoms with E-state index in [0.29, 0.717) is 5.57 Å². The Kier molecular flexibility index (Phi) is 57.5. The molecule has 55 heavy (non-hydrogen) atoms. The van der Waals surface area contributed by atoms with Crippen molar-refractivity contribution in [2.45, 2.75) is 214 Å². The maximum absolute atomic E-state index is 8.39. The van der Waals surface area contributed by atoms with Crippen LogP contribution in [-0.4, -0.2) is 4.86 Å². The van der Waals surface area contributed by atoms with Gasteiger partial charge in [0, 0.05) is 5.57 Å². The lowest BCUT2D eigenvalue weighted by molar-refractivity contribution is 0.772. The van der Waals surface area contributed by atoms with Crippen molar-refractivity contribution in [3.8, 4) is 6.07 Å². The lowest BCUT2D eigenvalue weighted by Crippen LogP contribution is -1.91. The molecule has 0 heterocycles. The number of hydrogen-bond donors (Lipinski definition) is 0. The standard InChI is InChI=1S/C14H20.C9H13N.C7H12.C6H12S.C6H10.C5H12.C4H10.C2H6/c1-5-6-7-13-8-9-14(11(2)3)10-12(13)4;1-4-5-6-8(2)9(3)7-10;1-5-7(4)6(2)3;1-3-4-5-6(2)7;1-5(2)6-3-4-6;1-3-5-4-2;1-3-4-2;1-2/h8-10H,2,5-7H2,1,3-4H3;2-6H2,1H3;5H,2H2,1,3-4H3;3-5H2,1-2H3;6H,1,3-4H2,2H3;3-5H2,1-2H3;3-4H2,1-2H3;1-2H3/b;;7-5+;;;;;. The Labute approximate surface area is 353 Å². The Morgan fingerprint density at radius 3 is 1.40 bits per heavy atom. The topological polar surface area (TPSA) is 23.8 Å². The molecule has 1 aliphatic rings.